The van der Waals surface area contributed by atoms with Crippen LogP contribution < -0.4 is 10.2 Å². The highest BCUT2D eigenvalue weighted by molar-refractivity contribution is 6.33. The Morgan fingerprint density at radius 1 is 1.26 bits per heavy atom. The van der Waals surface area contributed by atoms with Crippen LogP contribution in [0.3, 0.4) is 0 Å². The molecule has 1 aromatic rings. The van der Waals surface area contributed by atoms with Crippen LogP contribution >= 0.6 is 11.6 Å². The molecule has 6 heteroatoms. The summed E-state index contributed by atoms with van der Waals surface area (Å²) in [5.41, 5.74) is 3.45. The Hall–Kier alpha value is -1.46. The third-order valence-corrected chi connectivity index (χ3v) is 4.37. The summed E-state index contributed by atoms with van der Waals surface area (Å²) in [6.07, 6.45) is 0.834. The van der Waals surface area contributed by atoms with Crippen LogP contribution in [0.1, 0.15) is 17.5 Å². The second kappa shape index (κ2) is 8.41. The first kappa shape index (κ1) is 17.9. The minimum atomic E-state index is 0.00692. The molecule has 0 atom stereocenters. The fourth-order valence-corrected chi connectivity index (χ4v) is 3.41. The lowest BCUT2D eigenvalue weighted by molar-refractivity contribution is 0.183. The van der Waals surface area contributed by atoms with Crippen LogP contribution in [0.4, 0.5) is 10.5 Å². The van der Waals surface area contributed by atoms with Crippen molar-refractivity contribution < 1.29 is 9.53 Å². The molecule has 1 heterocycles. The standard InChI is InChI=1S/C17H26ClN3O2/c1-13-11-14(2)16(15(18)12-13)20-6-8-21(9-7-20)17(22)19-5-4-10-23-3/h11-12H,4-10H2,1-3H3,(H,19,22). The molecule has 2 rings (SSSR count). The predicted octanol–water partition coefficient (Wildman–Crippen LogP) is 2.82. The molecule has 0 saturated carbocycles. The number of aryl methyl sites for hydroxylation is 2. The van der Waals surface area contributed by atoms with Gasteiger partial charge in [-0.05, 0) is 37.5 Å². The molecule has 0 bridgehead atoms. The second-order valence-corrected chi connectivity index (χ2v) is 6.37. The van der Waals surface area contributed by atoms with Crippen molar-refractivity contribution in [3.05, 3.63) is 28.3 Å². The van der Waals surface area contributed by atoms with Gasteiger partial charge < -0.3 is 19.9 Å². The molecule has 1 aromatic carbocycles. The fourth-order valence-electron chi connectivity index (χ4n) is 2.97. The van der Waals surface area contributed by atoms with E-state index in [4.69, 9.17) is 16.3 Å². The van der Waals surface area contributed by atoms with Crippen molar-refractivity contribution in [2.45, 2.75) is 20.3 Å². The molecule has 1 aliphatic rings. The summed E-state index contributed by atoms with van der Waals surface area (Å²) in [7, 11) is 1.67. The van der Waals surface area contributed by atoms with Crippen molar-refractivity contribution in [2.24, 2.45) is 0 Å². The number of methoxy groups -OCH3 is 1. The molecule has 1 aliphatic heterocycles. The highest BCUT2D eigenvalue weighted by Crippen LogP contribution is 2.31. The van der Waals surface area contributed by atoms with Gasteiger partial charge in [0.15, 0.2) is 0 Å². The zero-order valence-electron chi connectivity index (χ0n) is 14.2. The maximum Gasteiger partial charge on any atom is 0.317 e. The predicted molar refractivity (Wildman–Crippen MR) is 94.6 cm³/mol. The number of benzene rings is 1. The number of nitrogens with one attached hydrogen (secondary N) is 1. The Balaban J connectivity index is 1.88. The summed E-state index contributed by atoms with van der Waals surface area (Å²) >= 11 is 6.42. The molecule has 1 N–H and O–H groups in total. The Morgan fingerprint density at radius 3 is 2.57 bits per heavy atom. The summed E-state index contributed by atoms with van der Waals surface area (Å²) in [5, 5.41) is 3.73. The van der Waals surface area contributed by atoms with Gasteiger partial charge in [0.05, 0.1) is 10.7 Å². The van der Waals surface area contributed by atoms with E-state index in [0.29, 0.717) is 26.2 Å². The molecule has 0 aliphatic carbocycles. The number of ether oxygens (including phenoxy) is 1. The van der Waals surface area contributed by atoms with Gasteiger partial charge in [-0.2, -0.15) is 0 Å². The average Bonchev–Trinajstić information content (AvgIpc) is 2.51. The van der Waals surface area contributed by atoms with Gasteiger partial charge in [-0.15, -0.1) is 0 Å². The summed E-state index contributed by atoms with van der Waals surface area (Å²) < 4.78 is 4.98. The fraction of sp³-hybridized carbons (Fsp3) is 0.588. The first-order chi connectivity index (χ1) is 11.0. The number of rotatable bonds is 5. The molecule has 0 unspecified atom stereocenters. The van der Waals surface area contributed by atoms with E-state index in [9.17, 15) is 4.79 Å². The van der Waals surface area contributed by atoms with E-state index >= 15 is 0 Å². The van der Waals surface area contributed by atoms with Gasteiger partial charge in [-0.3, -0.25) is 0 Å². The zero-order valence-corrected chi connectivity index (χ0v) is 14.9. The van der Waals surface area contributed by atoms with Crippen molar-refractivity contribution in [2.75, 3.05) is 51.3 Å². The highest BCUT2D eigenvalue weighted by atomic mass is 35.5. The quantitative estimate of drug-likeness (QED) is 0.839. The number of amides is 2. The second-order valence-electron chi connectivity index (χ2n) is 5.96. The van der Waals surface area contributed by atoms with Crippen LogP contribution in [-0.2, 0) is 4.74 Å². The number of anilines is 1. The smallest absolute Gasteiger partial charge is 0.317 e. The first-order valence-corrected chi connectivity index (χ1v) is 8.44. The van der Waals surface area contributed by atoms with Crippen LogP contribution in [0.15, 0.2) is 12.1 Å². The molecular weight excluding hydrogens is 314 g/mol. The van der Waals surface area contributed by atoms with Crippen molar-refractivity contribution in [1.29, 1.82) is 0 Å². The van der Waals surface area contributed by atoms with Crippen molar-refractivity contribution in [1.82, 2.24) is 10.2 Å². The zero-order chi connectivity index (χ0) is 16.8. The SMILES string of the molecule is COCCCNC(=O)N1CCN(c2c(C)cc(C)cc2Cl)CC1. The van der Waals surface area contributed by atoms with E-state index in [1.807, 2.05) is 11.0 Å². The van der Waals surface area contributed by atoms with Crippen molar-refractivity contribution >= 4 is 23.3 Å². The summed E-state index contributed by atoms with van der Waals surface area (Å²) in [6.45, 7) is 8.47. The van der Waals surface area contributed by atoms with Gasteiger partial charge in [0.1, 0.15) is 0 Å². The molecule has 0 radical (unpaired) electrons. The number of carbonyl (C=O) groups is 1. The molecule has 0 aromatic heterocycles. The van der Waals surface area contributed by atoms with Crippen LogP contribution in [-0.4, -0.2) is 57.4 Å². The number of hydrogen-bond donors (Lipinski definition) is 1. The maximum absolute atomic E-state index is 12.1. The molecule has 23 heavy (non-hydrogen) atoms. The van der Waals surface area contributed by atoms with Gasteiger partial charge in [0.25, 0.3) is 0 Å². The van der Waals surface area contributed by atoms with Gasteiger partial charge in [-0.1, -0.05) is 17.7 Å². The summed E-state index contributed by atoms with van der Waals surface area (Å²) in [5.74, 6) is 0. The number of urea groups is 1. The van der Waals surface area contributed by atoms with Crippen molar-refractivity contribution in [3.63, 3.8) is 0 Å². The number of piperazine rings is 1. The molecule has 0 spiro atoms. The minimum Gasteiger partial charge on any atom is -0.385 e. The van der Waals surface area contributed by atoms with E-state index in [-0.39, 0.29) is 6.03 Å². The number of carbonyl (C=O) groups excluding carboxylic acids is 1. The highest BCUT2D eigenvalue weighted by Gasteiger charge is 2.23. The number of nitrogens with zero attached hydrogens (tertiary/aromatic N) is 2. The molecular formula is C17H26ClN3O2. The average molecular weight is 340 g/mol. The molecule has 128 valence electrons. The third kappa shape index (κ3) is 4.75. The summed E-state index contributed by atoms with van der Waals surface area (Å²) in [4.78, 5) is 16.2. The Labute approximate surface area is 143 Å². The van der Waals surface area contributed by atoms with Gasteiger partial charge in [0.2, 0.25) is 0 Å². The van der Waals surface area contributed by atoms with E-state index in [0.717, 1.165) is 30.2 Å². The normalized spacial score (nSPS) is 15.0. The maximum atomic E-state index is 12.1. The Bertz CT molecular complexity index is 520. The Kier molecular flexibility index (Phi) is 6.54. The lowest BCUT2D eigenvalue weighted by Gasteiger charge is -2.37. The van der Waals surface area contributed by atoms with Crippen molar-refractivity contribution in [3.8, 4) is 0 Å². The van der Waals surface area contributed by atoms with E-state index < -0.39 is 0 Å². The first-order valence-electron chi connectivity index (χ1n) is 8.06. The Morgan fingerprint density at radius 2 is 1.96 bits per heavy atom. The third-order valence-electron chi connectivity index (χ3n) is 4.08. The molecule has 5 nitrogen and oxygen atoms in total. The minimum absolute atomic E-state index is 0.00692. The van der Waals surface area contributed by atoms with Gasteiger partial charge in [-0.25, -0.2) is 4.79 Å². The van der Waals surface area contributed by atoms with Crippen LogP contribution in [0, 0.1) is 13.8 Å². The largest absolute Gasteiger partial charge is 0.385 e. The van der Waals surface area contributed by atoms with Crippen LogP contribution in [0.5, 0.6) is 0 Å². The monoisotopic (exact) mass is 339 g/mol. The van der Waals surface area contributed by atoms with Gasteiger partial charge >= 0.3 is 6.03 Å². The lowest BCUT2D eigenvalue weighted by Crippen LogP contribution is -2.52. The molecule has 2 amide bonds. The number of hydrogen-bond acceptors (Lipinski definition) is 3. The van der Waals surface area contributed by atoms with E-state index in [1.165, 1.54) is 11.1 Å². The number of halogens is 1. The topological polar surface area (TPSA) is 44.8 Å². The summed E-state index contributed by atoms with van der Waals surface area (Å²) in [6, 6.07) is 4.15. The molecule has 1 fully saturated rings. The van der Waals surface area contributed by atoms with E-state index in [1.54, 1.807) is 7.11 Å². The van der Waals surface area contributed by atoms with Gasteiger partial charge in [0, 0.05) is 46.4 Å². The lowest BCUT2D eigenvalue weighted by atomic mass is 10.1. The molecule has 1 saturated heterocycles. The van der Waals surface area contributed by atoms with Crippen LogP contribution in [0.25, 0.3) is 0 Å². The van der Waals surface area contributed by atoms with Crippen LogP contribution in [0.2, 0.25) is 5.02 Å². The van der Waals surface area contributed by atoms with E-state index in [2.05, 4.69) is 30.1 Å².